The minimum Gasteiger partial charge on any atom is -0.449 e. The van der Waals surface area contributed by atoms with E-state index in [1.54, 1.807) is 0 Å². The number of oxime groups is 1. The van der Waals surface area contributed by atoms with E-state index < -0.39 is 6.09 Å². The van der Waals surface area contributed by atoms with E-state index in [0.29, 0.717) is 19.6 Å². The predicted molar refractivity (Wildman–Crippen MR) is 123 cm³/mol. The Kier molecular flexibility index (Phi) is 6.43. The van der Waals surface area contributed by atoms with Gasteiger partial charge in [-0.15, -0.1) is 0 Å². The van der Waals surface area contributed by atoms with Gasteiger partial charge in [0.05, 0.1) is 6.21 Å². The first-order valence-electron chi connectivity index (χ1n) is 10.3. The molecule has 31 heavy (non-hydrogen) atoms. The van der Waals surface area contributed by atoms with E-state index in [4.69, 9.17) is 9.94 Å². The lowest BCUT2D eigenvalue weighted by Gasteiger charge is -2.14. The Morgan fingerprint density at radius 1 is 0.935 bits per heavy atom. The lowest BCUT2D eigenvalue weighted by molar-refractivity contribution is 0.143. The van der Waals surface area contributed by atoms with E-state index in [9.17, 15) is 4.79 Å². The first kappa shape index (κ1) is 20.4. The molecule has 5 heteroatoms. The number of nitrogens with zero attached hydrogens (tertiary/aromatic N) is 1. The van der Waals surface area contributed by atoms with E-state index in [2.05, 4.69) is 34.7 Å². The summed E-state index contributed by atoms with van der Waals surface area (Å²) in [7, 11) is 0. The Morgan fingerprint density at radius 3 is 2.23 bits per heavy atom. The Balaban J connectivity index is 1.28. The van der Waals surface area contributed by atoms with Crippen molar-refractivity contribution < 1.29 is 14.7 Å². The van der Waals surface area contributed by atoms with Gasteiger partial charge in [0.2, 0.25) is 0 Å². The summed E-state index contributed by atoms with van der Waals surface area (Å²) in [5, 5.41) is 14.6. The average Bonchev–Trinajstić information content (AvgIpc) is 3.12. The minimum atomic E-state index is -0.414. The molecule has 2 N–H and O–H groups in total. The van der Waals surface area contributed by atoms with Crippen molar-refractivity contribution in [3.63, 3.8) is 0 Å². The number of fused-ring (bicyclic) bond motifs is 3. The molecule has 0 heterocycles. The summed E-state index contributed by atoms with van der Waals surface area (Å²) in [4.78, 5) is 12.2. The molecular formula is C26H24N2O3. The van der Waals surface area contributed by atoms with E-state index in [-0.39, 0.29) is 5.92 Å². The lowest BCUT2D eigenvalue weighted by atomic mass is 9.98. The summed E-state index contributed by atoms with van der Waals surface area (Å²) >= 11 is 0. The second-order valence-electron chi connectivity index (χ2n) is 7.32. The highest BCUT2D eigenvalue weighted by Gasteiger charge is 2.28. The van der Waals surface area contributed by atoms with Crippen molar-refractivity contribution in [2.45, 2.75) is 12.3 Å². The number of ether oxygens (including phenoxy) is 1. The number of alkyl carbamates (subject to hydrolysis) is 1. The number of rotatable bonds is 7. The first-order valence-corrected chi connectivity index (χ1v) is 10.3. The number of amides is 1. The molecular weight excluding hydrogens is 388 g/mol. The lowest BCUT2D eigenvalue weighted by Crippen LogP contribution is -2.26. The molecule has 1 amide bonds. The van der Waals surface area contributed by atoms with Gasteiger partial charge in [0.25, 0.3) is 0 Å². The van der Waals surface area contributed by atoms with Crippen molar-refractivity contribution in [3.05, 3.63) is 101 Å². The molecule has 156 valence electrons. The van der Waals surface area contributed by atoms with Gasteiger partial charge in [0.1, 0.15) is 6.61 Å². The fourth-order valence-electron chi connectivity index (χ4n) is 3.96. The zero-order valence-corrected chi connectivity index (χ0v) is 17.1. The SMILES string of the molecule is O=C(NCCC=Cc1ccccc1C=NO)OCC1c2ccccc2-c2ccccc21. The van der Waals surface area contributed by atoms with Gasteiger partial charge in [-0.3, -0.25) is 0 Å². The molecule has 0 atom stereocenters. The van der Waals surface area contributed by atoms with E-state index in [1.165, 1.54) is 28.5 Å². The molecule has 4 rings (SSSR count). The Morgan fingerprint density at radius 2 is 1.55 bits per heavy atom. The van der Waals surface area contributed by atoms with Crippen LogP contribution in [0.25, 0.3) is 17.2 Å². The zero-order chi connectivity index (χ0) is 21.5. The van der Waals surface area contributed by atoms with Gasteiger partial charge in [-0.25, -0.2) is 4.79 Å². The molecule has 0 bridgehead atoms. The fourth-order valence-corrected chi connectivity index (χ4v) is 3.96. The second kappa shape index (κ2) is 9.76. The van der Waals surface area contributed by atoms with E-state index in [1.807, 2.05) is 60.7 Å². The quantitative estimate of drug-likeness (QED) is 0.235. The number of hydrogen-bond acceptors (Lipinski definition) is 4. The molecule has 0 spiro atoms. The van der Waals surface area contributed by atoms with Gasteiger partial charge in [-0.1, -0.05) is 90.1 Å². The van der Waals surface area contributed by atoms with Gasteiger partial charge in [0, 0.05) is 18.0 Å². The van der Waals surface area contributed by atoms with Crippen LogP contribution in [0.1, 0.15) is 34.6 Å². The van der Waals surface area contributed by atoms with Crippen LogP contribution in [0.2, 0.25) is 0 Å². The molecule has 0 saturated carbocycles. The number of benzene rings is 3. The summed E-state index contributed by atoms with van der Waals surface area (Å²) in [5.41, 5.74) is 6.59. The monoisotopic (exact) mass is 412 g/mol. The Labute approximate surface area is 181 Å². The van der Waals surface area contributed by atoms with Crippen LogP contribution < -0.4 is 5.32 Å². The molecule has 0 fully saturated rings. The van der Waals surface area contributed by atoms with Crippen LogP contribution in [0.5, 0.6) is 0 Å². The van der Waals surface area contributed by atoms with Gasteiger partial charge < -0.3 is 15.3 Å². The molecule has 0 aromatic heterocycles. The molecule has 5 nitrogen and oxygen atoms in total. The summed E-state index contributed by atoms with van der Waals surface area (Å²) in [6.07, 6.45) is 5.55. The van der Waals surface area contributed by atoms with Crippen molar-refractivity contribution >= 4 is 18.4 Å². The highest BCUT2D eigenvalue weighted by atomic mass is 16.5. The summed E-state index contributed by atoms with van der Waals surface area (Å²) < 4.78 is 5.54. The van der Waals surface area contributed by atoms with Crippen molar-refractivity contribution in [3.8, 4) is 11.1 Å². The maximum absolute atomic E-state index is 12.2. The first-order chi connectivity index (χ1) is 15.3. The van der Waals surface area contributed by atoms with Gasteiger partial charge in [-0.05, 0) is 34.2 Å². The van der Waals surface area contributed by atoms with Crippen molar-refractivity contribution in [2.24, 2.45) is 5.16 Å². The van der Waals surface area contributed by atoms with Crippen LogP contribution in [0, 0.1) is 0 Å². The third-order valence-electron chi connectivity index (χ3n) is 5.41. The third kappa shape index (κ3) is 4.67. The van der Waals surface area contributed by atoms with Crippen LogP contribution in [-0.4, -0.2) is 30.7 Å². The molecule has 1 aliphatic carbocycles. The molecule has 0 saturated heterocycles. The minimum absolute atomic E-state index is 0.0581. The normalized spacial score (nSPS) is 12.8. The van der Waals surface area contributed by atoms with Crippen LogP contribution in [0.15, 0.2) is 84.0 Å². The van der Waals surface area contributed by atoms with Crippen LogP contribution >= 0.6 is 0 Å². The Bertz CT molecular complexity index is 1080. The third-order valence-corrected chi connectivity index (χ3v) is 5.41. The Hall–Kier alpha value is -3.86. The molecule has 0 radical (unpaired) electrons. The number of carbonyl (C=O) groups is 1. The van der Waals surface area contributed by atoms with Gasteiger partial charge in [-0.2, -0.15) is 0 Å². The number of carbonyl (C=O) groups excluding carboxylic acids is 1. The topological polar surface area (TPSA) is 70.9 Å². The van der Waals surface area contributed by atoms with Crippen molar-refractivity contribution in [1.29, 1.82) is 0 Å². The van der Waals surface area contributed by atoms with Crippen LogP contribution in [0.4, 0.5) is 4.79 Å². The van der Waals surface area contributed by atoms with Gasteiger partial charge in [0.15, 0.2) is 0 Å². The number of hydrogen-bond donors (Lipinski definition) is 2. The number of nitrogens with one attached hydrogen (secondary N) is 1. The zero-order valence-electron chi connectivity index (χ0n) is 17.1. The molecule has 0 unspecified atom stereocenters. The van der Waals surface area contributed by atoms with E-state index >= 15 is 0 Å². The highest BCUT2D eigenvalue weighted by molar-refractivity contribution is 5.85. The van der Waals surface area contributed by atoms with Crippen molar-refractivity contribution in [1.82, 2.24) is 5.32 Å². The fraction of sp³-hybridized carbons (Fsp3) is 0.154. The summed E-state index contributed by atoms with van der Waals surface area (Å²) in [6.45, 7) is 0.785. The predicted octanol–water partition coefficient (Wildman–Crippen LogP) is 5.44. The highest BCUT2D eigenvalue weighted by Crippen LogP contribution is 2.44. The molecule has 3 aromatic carbocycles. The standard InChI is InChI=1S/C26H24N2O3/c29-26(27-16-8-7-10-19-9-1-2-11-20(19)17-28-30)31-18-25-23-14-5-3-12-21(23)22-13-4-6-15-24(22)25/h1-7,9-15,17,25,30H,8,16,18H2,(H,27,29). The summed E-state index contributed by atoms with van der Waals surface area (Å²) in [6, 6.07) is 24.2. The summed E-state index contributed by atoms with van der Waals surface area (Å²) in [5.74, 6) is 0.0581. The maximum Gasteiger partial charge on any atom is 0.407 e. The smallest absolute Gasteiger partial charge is 0.407 e. The van der Waals surface area contributed by atoms with Gasteiger partial charge >= 0.3 is 6.09 Å². The average molecular weight is 412 g/mol. The maximum atomic E-state index is 12.2. The van der Waals surface area contributed by atoms with Crippen molar-refractivity contribution in [2.75, 3.05) is 13.2 Å². The molecule has 1 aliphatic rings. The van der Waals surface area contributed by atoms with Crippen LogP contribution in [0.3, 0.4) is 0 Å². The molecule has 3 aromatic rings. The van der Waals surface area contributed by atoms with Crippen LogP contribution in [-0.2, 0) is 4.74 Å². The van der Waals surface area contributed by atoms with E-state index in [0.717, 1.165) is 11.1 Å². The molecule has 0 aliphatic heterocycles. The second-order valence-corrected chi connectivity index (χ2v) is 7.32. The largest absolute Gasteiger partial charge is 0.449 e.